The molecule has 2 nitrogen and oxygen atoms in total. The predicted molar refractivity (Wildman–Crippen MR) is 24.7 cm³/mol. The van der Waals surface area contributed by atoms with Crippen LogP contribution in [0.1, 0.15) is 6.92 Å². The Balaban J connectivity index is 2.75. The number of rotatable bonds is 2. The molecule has 0 atom stereocenters. The Morgan fingerprint density at radius 1 is 1.33 bits per heavy atom. The quantitative estimate of drug-likeness (QED) is 0.398. The predicted octanol–water partition coefficient (Wildman–Crippen LogP) is -1.89. The molecule has 0 aromatic rings. The average Bonchev–Trinajstić information content (AvgIpc) is 1.65. The van der Waals surface area contributed by atoms with Crippen LogP contribution in [0.15, 0.2) is 0 Å². The molecular formula is C4H14N2+2. The summed E-state index contributed by atoms with van der Waals surface area (Å²) in [5.41, 5.74) is 7.43. The van der Waals surface area contributed by atoms with Crippen LogP contribution in [0.25, 0.3) is 0 Å². The molecule has 0 aromatic carbocycles. The zero-order valence-corrected chi connectivity index (χ0v) is 4.41. The Labute approximate surface area is 38.5 Å². The van der Waals surface area contributed by atoms with Gasteiger partial charge in [0.25, 0.3) is 0 Å². The Morgan fingerprint density at radius 3 is 1.67 bits per heavy atom. The van der Waals surface area contributed by atoms with Gasteiger partial charge in [-0.2, -0.15) is 0 Å². The Hall–Kier alpha value is -0.0800. The van der Waals surface area contributed by atoms with Gasteiger partial charge in [0.1, 0.15) is 0 Å². The monoisotopic (exact) mass is 90.1 g/mol. The Kier molecular flexibility index (Phi) is 3.08. The van der Waals surface area contributed by atoms with E-state index in [1.54, 1.807) is 0 Å². The van der Waals surface area contributed by atoms with Gasteiger partial charge in [0.15, 0.2) is 0 Å². The lowest BCUT2D eigenvalue weighted by Gasteiger charge is -1.93. The first-order valence-electron chi connectivity index (χ1n) is 2.39. The Morgan fingerprint density at radius 2 is 1.67 bits per heavy atom. The van der Waals surface area contributed by atoms with Gasteiger partial charge in [-0.05, 0) is 0 Å². The normalized spacial score (nSPS) is 10.0. The molecule has 2 heteroatoms. The molecule has 38 valence electrons. The molecule has 0 unspecified atom stereocenters. The average molecular weight is 90.2 g/mol. The van der Waals surface area contributed by atoms with Crippen molar-refractivity contribution in [2.45, 2.75) is 6.92 Å². The standard InChI is InChI=1S/C4H12N2/c1-4(2-5)3-6/h4H,2-3,5-6H2,1H3/p+2. The zero-order valence-electron chi connectivity index (χ0n) is 4.41. The second kappa shape index (κ2) is 3.12. The molecular weight excluding hydrogens is 76.1 g/mol. The second-order valence-electron chi connectivity index (χ2n) is 1.68. The van der Waals surface area contributed by atoms with Crippen molar-refractivity contribution in [3.05, 3.63) is 0 Å². The lowest BCUT2D eigenvalue weighted by Crippen LogP contribution is -2.61. The summed E-state index contributed by atoms with van der Waals surface area (Å²) in [5, 5.41) is 0. The van der Waals surface area contributed by atoms with E-state index in [9.17, 15) is 0 Å². The summed E-state index contributed by atoms with van der Waals surface area (Å²) >= 11 is 0. The van der Waals surface area contributed by atoms with Gasteiger partial charge in [0.05, 0.1) is 19.0 Å². The lowest BCUT2D eigenvalue weighted by molar-refractivity contribution is -0.420. The summed E-state index contributed by atoms with van der Waals surface area (Å²) in [4.78, 5) is 0. The first kappa shape index (κ1) is 5.92. The molecule has 0 aliphatic carbocycles. The van der Waals surface area contributed by atoms with Crippen molar-refractivity contribution in [3.8, 4) is 0 Å². The van der Waals surface area contributed by atoms with E-state index in [1.165, 1.54) is 0 Å². The van der Waals surface area contributed by atoms with Crippen molar-refractivity contribution in [1.29, 1.82) is 0 Å². The molecule has 0 aliphatic heterocycles. The van der Waals surface area contributed by atoms with Crippen LogP contribution in [-0.4, -0.2) is 13.1 Å². The molecule has 0 fully saturated rings. The minimum Gasteiger partial charge on any atom is -0.357 e. The van der Waals surface area contributed by atoms with Crippen LogP contribution in [0.4, 0.5) is 0 Å². The van der Waals surface area contributed by atoms with E-state index in [-0.39, 0.29) is 0 Å². The van der Waals surface area contributed by atoms with Crippen LogP contribution < -0.4 is 11.5 Å². The van der Waals surface area contributed by atoms with Crippen molar-refractivity contribution in [2.75, 3.05) is 13.1 Å². The lowest BCUT2D eigenvalue weighted by atomic mass is 10.2. The van der Waals surface area contributed by atoms with E-state index >= 15 is 0 Å². The van der Waals surface area contributed by atoms with Gasteiger partial charge >= 0.3 is 0 Å². The molecule has 0 heterocycles. The van der Waals surface area contributed by atoms with Gasteiger partial charge in [0.2, 0.25) is 0 Å². The largest absolute Gasteiger partial charge is 0.357 e. The van der Waals surface area contributed by atoms with Gasteiger partial charge in [-0.25, -0.2) is 0 Å². The first-order valence-corrected chi connectivity index (χ1v) is 2.39. The highest BCUT2D eigenvalue weighted by atomic mass is 14.6. The van der Waals surface area contributed by atoms with E-state index in [1.807, 2.05) is 0 Å². The van der Waals surface area contributed by atoms with Crippen LogP contribution in [0, 0.1) is 5.92 Å². The fourth-order valence-electron chi connectivity index (χ4n) is 0.144. The fraction of sp³-hybridized carbons (Fsp3) is 1.00. The number of hydrogen-bond acceptors (Lipinski definition) is 0. The van der Waals surface area contributed by atoms with Crippen molar-refractivity contribution in [3.63, 3.8) is 0 Å². The van der Waals surface area contributed by atoms with E-state index in [0.29, 0.717) is 5.92 Å². The van der Waals surface area contributed by atoms with Crippen molar-refractivity contribution in [1.82, 2.24) is 0 Å². The number of quaternary nitrogens is 2. The third-order valence-electron chi connectivity index (χ3n) is 0.986. The topological polar surface area (TPSA) is 55.3 Å². The smallest absolute Gasteiger partial charge is 0.0820 e. The minimum absolute atomic E-state index is 0.713. The minimum atomic E-state index is 0.713. The highest BCUT2D eigenvalue weighted by Crippen LogP contribution is 1.78. The van der Waals surface area contributed by atoms with Crippen molar-refractivity contribution < 1.29 is 11.5 Å². The van der Waals surface area contributed by atoms with Gasteiger partial charge < -0.3 is 11.5 Å². The highest BCUT2D eigenvalue weighted by Gasteiger charge is 1.95. The summed E-state index contributed by atoms with van der Waals surface area (Å²) in [6.45, 7) is 4.19. The summed E-state index contributed by atoms with van der Waals surface area (Å²) in [6.07, 6.45) is 0. The molecule has 0 radical (unpaired) electrons. The van der Waals surface area contributed by atoms with Gasteiger partial charge in [0, 0.05) is 0 Å². The highest BCUT2D eigenvalue weighted by molar-refractivity contribution is 4.39. The third kappa shape index (κ3) is 2.18. The van der Waals surface area contributed by atoms with E-state index in [2.05, 4.69) is 18.4 Å². The second-order valence-corrected chi connectivity index (χ2v) is 1.68. The van der Waals surface area contributed by atoms with E-state index < -0.39 is 0 Å². The van der Waals surface area contributed by atoms with E-state index in [4.69, 9.17) is 0 Å². The molecule has 0 amide bonds. The van der Waals surface area contributed by atoms with Crippen LogP contribution in [0.3, 0.4) is 0 Å². The molecule has 6 heavy (non-hydrogen) atoms. The van der Waals surface area contributed by atoms with E-state index in [0.717, 1.165) is 13.1 Å². The number of hydrogen-bond donors (Lipinski definition) is 2. The maximum atomic E-state index is 3.72. The summed E-state index contributed by atoms with van der Waals surface area (Å²) in [7, 11) is 0. The van der Waals surface area contributed by atoms with Crippen LogP contribution >= 0.6 is 0 Å². The summed E-state index contributed by atoms with van der Waals surface area (Å²) in [6, 6.07) is 0. The van der Waals surface area contributed by atoms with Crippen molar-refractivity contribution in [2.24, 2.45) is 5.92 Å². The molecule has 6 N–H and O–H groups in total. The van der Waals surface area contributed by atoms with Gasteiger partial charge in [-0.1, -0.05) is 6.92 Å². The molecule has 0 rings (SSSR count). The van der Waals surface area contributed by atoms with Gasteiger partial charge in [-0.15, -0.1) is 0 Å². The summed E-state index contributed by atoms with van der Waals surface area (Å²) in [5.74, 6) is 0.713. The maximum Gasteiger partial charge on any atom is 0.0820 e. The molecule has 0 spiro atoms. The van der Waals surface area contributed by atoms with Crippen LogP contribution in [-0.2, 0) is 0 Å². The maximum absolute atomic E-state index is 3.72. The molecule has 0 aromatic heterocycles. The first-order chi connectivity index (χ1) is 2.81. The van der Waals surface area contributed by atoms with Gasteiger partial charge in [-0.3, -0.25) is 0 Å². The van der Waals surface area contributed by atoms with Crippen LogP contribution in [0.2, 0.25) is 0 Å². The van der Waals surface area contributed by atoms with Crippen molar-refractivity contribution >= 4 is 0 Å². The zero-order chi connectivity index (χ0) is 4.99. The molecule has 0 saturated heterocycles. The molecule has 0 aliphatic rings. The SMILES string of the molecule is CC(C[NH3+])C[NH3+]. The molecule has 0 saturated carbocycles. The Bertz CT molecular complexity index is 24.7. The molecule has 0 bridgehead atoms. The third-order valence-corrected chi connectivity index (χ3v) is 0.986. The fourth-order valence-corrected chi connectivity index (χ4v) is 0.144. The summed E-state index contributed by atoms with van der Waals surface area (Å²) < 4.78 is 0. The van der Waals surface area contributed by atoms with Crippen LogP contribution in [0.5, 0.6) is 0 Å².